The molecule has 2 aromatic rings. The van der Waals surface area contributed by atoms with Crippen LogP contribution in [0.3, 0.4) is 0 Å². The minimum Gasteiger partial charge on any atom is -0.481 e. The zero-order chi connectivity index (χ0) is 19.3. The monoisotopic (exact) mass is 359 g/mol. The number of benzene rings is 1. The Morgan fingerprint density at radius 1 is 0.962 bits per heavy atom. The second-order valence-corrected chi connectivity index (χ2v) is 5.67. The third kappa shape index (κ3) is 4.69. The molecule has 0 atom stereocenters. The minimum absolute atomic E-state index is 0.00931. The van der Waals surface area contributed by atoms with Gasteiger partial charge in [-0.3, -0.25) is 10.1 Å². The number of rotatable bonds is 6. The van der Waals surface area contributed by atoms with Gasteiger partial charge in [-0.2, -0.15) is 9.97 Å². The lowest BCUT2D eigenvalue weighted by atomic mass is 10.00. The predicted molar refractivity (Wildman–Crippen MR) is 94.7 cm³/mol. The highest BCUT2D eigenvalue weighted by Gasteiger charge is 2.16. The molecule has 1 amide bonds. The van der Waals surface area contributed by atoms with E-state index in [2.05, 4.69) is 15.3 Å². The molecule has 138 valence electrons. The molecule has 1 aromatic carbocycles. The molecule has 0 saturated heterocycles. The van der Waals surface area contributed by atoms with E-state index in [9.17, 15) is 9.59 Å². The molecule has 0 aliphatic carbocycles. The van der Waals surface area contributed by atoms with Crippen molar-refractivity contribution in [3.05, 3.63) is 40.5 Å². The van der Waals surface area contributed by atoms with Gasteiger partial charge in [0.25, 0.3) is 5.91 Å². The topological polar surface area (TPSA) is 99.6 Å². The first-order chi connectivity index (χ1) is 12.3. The van der Waals surface area contributed by atoms with Gasteiger partial charge < -0.3 is 14.2 Å². The lowest BCUT2D eigenvalue weighted by molar-refractivity contribution is -0.119. The van der Waals surface area contributed by atoms with Crippen molar-refractivity contribution < 1.29 is 23.8 Å². The Labute approximate surface area is 151 Å². The SMILES string of the molecule is COc1cc(OC)nc(NC(=O)COC(=O)c2c(C)cc(C)cc2C)n1. The summed E-state index contributed by atoms with van der Waals surface area (Å²) in [6, 6.07) is 5.25. The lowest BCUT2D eigenvalue weighted by Crippen LogP contribution is -2.23. The van der Waals surface area contributed by atoms with Crippen molar-refractivity contribution in [2.75, 3.05) is 26.1 Å². The molecule has 0 fully saturated rings. The number of methoxy groups -OCH3 is 2. The highest BCUT2D eigenvalue weighted by Crippen LogP contribution is 2.18. The van der Waals surface area contributed by atoms with Gasteiger partial charge in [0.2, 0.25) is 17.7 Å². The van der Waals surface area contributed by atoms with Crippen LogP contribution in [0.1, 0.15) is 27.0 Å². The van der Waals surface area contributed by atoms with Crippen LogP contribution < -0.4 is 14.8 Å². The van der Waals surface area contributed by atoms with Crippen LogP contribution in [0.4, 0.5) is 5.95 Å². The Morgan fingerprint density at radius 3 is 2.00 bits per heavy atom. The minimum atomic E-state index is -0.573. The Kier molecular flexibility index (Phi) is 6.11. The highest BCUT2D eigenvalue weighted by atomic mass is 16.5. The fourth-order valence-corrected chi connectivity index (χ4v) is 2.54. The molecule has 26 heavy (non-hydrogen) atoms. The number of aromatic nitrogens is 2. The number of carbonyl (C=O) groups is 2. The normalized spacial score (nSPS) is 10.2. The van der Waals surface area contributed by atoms with Crippen molar-refractivity contribution >= 4 is 17.8 Å². The molecular formula is C18H21N3O5. The van der Waals surface area contributed by atoms with E-state index in [-0.39, 0.29) is 17.7 Å². The summed E-state index contributed by atoms with van der Waals surface area (Å²) in [7, 11) is 2.86. The summed E-state index contributed by atoms with van der Waals surface area (Å²) in [5, 5.41) is 2.44. The van der Waals surface area contributed by atoms with Crippen LogP contribution in [0.25, 0.3) is 0 Å². The van der Waals surface area contributed by atoms with Crippen molar-refractivity contribution in [2.24, 2.45) is 0 Å². The van der Waals surface area contributed by atoms with E-state index in [0.29, 0.717) is 5.56 Å². The molecule has 0 saturated carbocycles. The summed E-state index contributed by atoms with van der Waals surface area (Å²) in [5.41, 5.74) is 3.11. The van der Waals surface area contributed by atoms with Gasteiger partial charge >= 0.3 is 5.97 Å². The maximum Gasteiger partial charge on any atom is 0.339 e. The van der Waals surface area contributed by atoms with Crippen molar-refractivity contribution in [3.8, 4) is 11.8 Å². The summed E-state index contributed by atoms with van der Waals surface area (Å²) in [4.78, 5) is 32.3. The number of hydrogen-bond donors (Lipinski definition) is 1. The molecule has 1 aromatic heterocycles. The first-order valence-electron chi connectivity index (χ1n) is 7.86. The summed E-state index contributed by atoms with van der Waals surface area (Å²) in [5.74, 6) is -0.676. The van der Waals surface area contributed by atoms with Gasteiger partial charge in [-0.15, -0.1) is 0 Å². The number of aryl methyl sites for hydroxylation is 3. The smallest absolute Gasteiger partial charge is 0.339 e. The molecule has 0 bridgehead atoms. The van der Waals surface area contributed by atoms with Crippen LogP contribution in [0.15, 0.2) is 18.2 Å². The van der Waals surface area contributed by atoms with Crippen molar-refractivity contribution in [2.45, 2.75) is 20.8 Å². The quantitative estimate of drug-likeness (QED) is 0.789. The molecule has 0 spiro atoms. The second-order valence-electron chi connectivity index (χ2n) is 5.67. The molecule has 2 rings (SSSR count). The van der Waals surface area contributed by atoms with Crippen molar-refractivity contribution in [1.82, 2.24) is 9.97 Å². The first kappa shape index (κ1) is 19.2. The molecule has 1 heterocycles. The molecule has 0 unspecified atom stereocenters. The van der Waals surface area contributed by atoms with E-state index in [1.807, 2.05) is 32.9 Å². The molecule has 8 heteroatoms. The lowest BCUT2D eigenvalue weighted by Gasteiger charge is -2.11. The Bertz CT molecular complexity index is 790. The standard InChI is InChI=1S/C18H21N3O5/c1-10-6-11(2)16(12(3)7-10)17(23)26-9-13(22)19-18-20-14(24-4)8-15(21-18)25-5/h6-8H,9H2,1-5H3,(H,19,20,21,22). The maximum absolute atomic E-state index is 12.3. The van der Waals surface area contributed by atoms with Gasteiger partial charge in [0.05, 0.1) is 25.8 Å². The van der Waals surface area contributed by atoms with E-state index in [1.54, 1.807) is 0 Å². The fraction of sp³-hybridized carbons (Fsp3) is 0.333. The average molecular weight is 359 g/mol. The van der Waals surface area contributed by atoms with Gasteiger partial charge in [-0.1, -0.05) is 17.7 Å². The zero-order valence-electron chi connectivity index (χ0n) is 15.4. The second kappa shape index (κ2) is 8.28. The Morgan fingerprint density at radius 2 is 1.50 bits per heavy atom. The number of amides is 1. The van der Waals surface area contributed by atoms with E-state index in [1.165, 1.54) is 20.3 Å². The molecular weight excluding hydrogens is 338 g/mol. The molecule has 1 N–H and O–H groups in total. The molecule has 0 radical (unpaired) electrons. The van der Waals surface area contributed by atoms with Crippen LogP contribution in [-0.4, -0.2) is 42.7 Å². The van der Waals surface area contributed by atoms with Crippen LogP contribution >= 0.6 is 0 Å². The average Bonchev–Trinajstić information content (AvgIpc) is 2.58. The fourth-order valence-electron chi connectivity index (χ4n) is 2.54. The summed E-state index contributed by atoms with van der Waals surface area (Å²) in [6.45, 7) is 5.14. The van der Waals surface area contributed by atoms with Crippen LogP contribution in [-0.2, 0) is 9.53 Å². The number of carbonyl (C=O) groups excluding carboxylic acids is 2. The van der Waals surface area contributed by atoms with Crippen molar-refractivity contribution in [3.63, 3.8) is 0 Å². The van der Waals surface area contributed by atoms with E-state index in [4.69, 9.17) is 14.2 Å². The highest BCUT2D eigenvalue weighted by molar-refractivity contribution is 5.96. The Hall–Kier alpha value is -3.16. The molecule has 8 nitrogen and oxygen atoms in total. The number of anilines is 1. The molecule has 0 aliphatic rings. The largest absolute Gasteiger partial charge is 0.481 e. The third-order valence-electron chi connectivity index (χ3n) is 3.56. The summed E-state index contributed by atoms with van der Waals surface area (Å²) >= 11 is 0. The number of ether oxygens (including phenoxy) is 3. The van der Waals surface area contributed by atoms with E-state index < -0.39 is 18.5 Å². The van der Waals surface area contributed by atoms with Crippen LogP contribution in [0.5, 0.6) is 11.8 Å². The van der Waals surface area contributed by atoms with Gasteiger partial charge in [0.1, 0.15) is 0 Å². The van der Waals surface area contributed by atoms with E-state index >= 15 is 0 Å². The zero-order valence-corrected chi connectivity index (χ0v) is 15.4. The maximum atomic E-state index is 12.3. The Balaban J connectivity index is 2.02. The van der Waals surface area contributed by atoms with Gasteiger partial charge in [-0.25, -0.2) is 4.79 Å². The molecule has 0 aliphatic heterocycles. The first-order valence-corrected chi connectivity index (χ1v) is 7.86. The van der Waals surface area contributed by atoms with Crippen molar-refractivity contribution in [1.29, 1.82) is 0 Å². The number of hydrogen-bond acceptors (Lipinski definition) is 7. The van der Waals surface area contributed by atoms with Crippen LogP contribution in [0, 0.1) is 20.8 Å². The summed E-state index contributed by atoms with van der Waals surface area (Å²) < 4.78 is 15.1. The number of nitrogens with zero attached hydrogens (tertiary/aromatic N) is 2. The van der Waals surface area contributed by atoms with Gasteiger partial charge in [0.15, 0.2) is 6.61 Å². The van der Waals surface area contributed by atoms with Gasteiger partial charge in [-0.05, 0) is 31.9 Å². The summed E-state index contributed by atoms with van der Waals surface area (Å²) in [6.07, 6.45) is 0. The van der Waals surface area contributed by atoms with Gasteiger partial charge in [0, 0.05) is 0 Å². The van der Waals surface area contributed by atoms with Crippen LogP contribution in [0.2, 0.25) is 0 Å². The number of nitrogens with one attached hydrogen (secondary N) is 1. The van der Waals surface area contributed by atoms with E-state index in [0.717, 1.165) is 16.7 Å². The third-order valence-corrected chi connectivity index (χ3v) is 3.56. The predicted octanol–water partition coefficient (Wildman–Crippen LogP) is 2.21. The number of esters is 1.